The standard InChI is InChI=1S/C14H25N3O2/c1-11-13(2-4-15-11)14(18)17-5-3-12(10-17)16-6-8-19-9-7-16/h11-13,15H,2-10H2,1H3. The molecule has 0 radical (unpaired) electrons. The number of carbonyl (C=O) groups is 1. The lowest BCUT2D eigenvalue weighted by atomic mass is 10.0. The van der Waals surface area contributed by atoms with Crippen molar-refractivity contribution in [3.8, 4) is 0 Å². The number of hydrogen-bond donors (Lipinski definition) is 1. The number of nitrogens with zero attached hydrogens (tertiary/aromatic N) is 2. The number of nitrogens with one attached hydrogen (secondary N) is 1. The van der Waals surface area contributed by atoms with E-state index in [9.17, 15) is 4.79 Å². The summed E-state index contributed by atoms with van der Waals surface area (Å²) < 4.78 is 5.40. The summed E-state index contributed by atoms with van der Waals surface area (Å²) in [6, 6.07) is 0.896. The molecule has 3 fully saturated rings. The molecule has 3 heterocycles. The molecule has 19 heavy (non-hydrogen) atoms. The zero-order chi connectivity index (χ0) is 13.2. The SMILES string of the molecule is CC1NCCC1C(=O)N1CCC(N2CCOCC2)C1. The normalized spacial score (nSPS) is 36.9. The van der Waals surface area contributed by atoms with Gasteiger partial charge in [-0.25, -0.2) is 0 Å². The predicted octanol–water partition coefficient (Wildman–Crippen LogP) is -0.0825. The summed E-state index contributed by atoms with van der Waals surface area (Å²) in [5, 5.41) is 3.37. The molecule has 5 nitrogen and oxygen atoms in total. The molecule has 3 saturated heterocycles. The van der Waals surface area contributed by atoms with E-state index in [0.29, 0.717) is 18.0 Å². The first kappa shape index (κ1) is 13.3. The minimum Gasteiger partial charge on any atom is -0.379 e. The van der Waals surface area contributed by atoms with Crippen LogP contribution in [0.1, 0.15) is 19.8 Å². The highest BCUT2D eigenvalue weighted by atomic mass is 16.5. The van der Waals surface area contributed by atoms with Crippen molar-refractivity contribution in [2.45, 2.75) is 31.8 Å². The zero-order valence-corrected chi connectivity index (χ0v) is 11.8. The van der Waals surface area contributed by atoms with E-state index in [0.717, 1.165) is 58.8 Å². The van der Waals surface area contributed by atoms with Gasteiger partial charge in [-0.3, -0.25) is 9.69 Å². The van der Waals surface area contributed by atoms with Crippen LogP contribution in [0.15, 0.2) is 0 Å². The maximum absolute atomic E-state index is 12.5. The van der Waals surface area contributed by atoms with Crippen LogP contribution in [-0.4, -0.2) is 73.7 Å². The van der Waals surface area contributed by atoms with Crippen LogP contribution in [0.5, 0.6) is 0 Å². The molecule has 0 saturated carbocycles. The molecule has 3 rings (SSSR count). The first-order chi connectivity index (χ1) is 9.25. The molecule has 1 amide bonds. The van der Waals surface area contributed by atoms with Crippen molar-refractivity contribution in [3.05, 3.63) is 0 Å². The number of morpholine rings is 1. The number of rotatable bonds is 2. The molecule has 3 aliphatic rings. The summed E-state index contributed by atoms with van der Waals surface area (Å²) in [6.07, 6.45) is 2.12. The van der Waals surface area contributed by atoms with Gasteiger partial charge in [0.2, 0.25) is 5.91 Å². The van der Waals surface area contributed by atoms with E-state index in [1.54, 1.807) is 0 Å². The lowest BCUT2D eigenvalue weighted by Crippen LogP contribution is -2.46. The van der Waals surface area contributed by atoms with Gasteiger partial charge in [-0.15, -0.1) is 0 Å². The van der Waals surface area contributed by atoms with Crippen molar-refractivity contribution in [3.63, 3.8) is 0 Å². The lowest BCUT2D eigenvalue weighted by Gasteiger charge is -2.32. The highest BCUT2D eigenvalue weighted by Crippen LogP contribution is 2.23. The van der Waals surface area contributed by atoms with Gasteiger partial charge < -0.3 is 15.0 Å². The number of hydrogen-bond acceptors (Lipinski definition) is 4. The second-order valence-electron chi connectivity index (χ2n) is 6.01. The second kappa shape index (κ2) is 5.77. The summed E-state index contributed by atoms with van der Waals surface area (Å²) in [7, 11) is 0. The Morgan fingerprint density at radius 3 is 2.68 bits per heavy atom. The number of ether oxygens (including phenoxy) is 1. The third-order valence-corrected chi connectivity index (χ3v) is 4.88. The summed E-state index contributed by atoms with van der Waals surface area (Å²) in [5.41, 5.74) is 0. The van der Waals surface area contributed by atoms with Crippen LogP contribution in [0, 0.1) is 5.92 Å². The largest absolute Gasteiger partial charge is 0.379 e. The average Bonchev–Trinajstić information content (AvgIpc) is 3.08. The summed E-state index contributed by atoms with van der Waals surface area (Å²) >= 11 is 0. The number of amides is 1. The van der Waals surface area contributed by atoms with Gasteiger partial charge >= 0.3 is 0 Å². The van der Waals surface area contributed by atoms with Crippen molar-refractivity contribution >= 4 is 5.91 Å². The molecule has 1 N–H and O–H groups in total. The molecule has 0 aromatic rings. The summed E-state index contributed by atoms with van der Waals surface area (Å²) in [6.45, 7) is 8.69. The van der Waals surface area contributed by atoms with Gasteiger partial charge in [0.1, 0.15) is 0 Å². The maximum atomic E-state index is 12.5. The van der Waals surface area contributed by atoms with Crippen LogP contribution in [0.3, 0.4) is 0 Å². The Kier molecular flexibility index (Phi) is 4.05. The molecule has 3 atom stereocenters. The van der Waals surface area contributed by atoms with Crippen molar-refractivity contribution in [1.82, 2.24) is 15.1 Å². The van der Waals surface area contributed by atoms with Crippen LogP contribution in [0.25, 0.3) is 0 Å². The first-order valence-corrected chi connectivity index (χ1v) is 7.59. The number of likely N-dealkylation sites (tertiary alicyclic amines) is 1. The molecule has 0 aliphatic carbocycles. The van der Waals surface area contributed by atoms with Crippen LogP contribution >= 0.6 is 0 Å². The van der Waals surface area contributed by atoms with E-state index < -0.39 is 0 Å². The Bertz CT molecular complexity index is 331. The fourth-order valence-corrected chi connectivity index (χ4v) is 3.61. The van der Waals surface area contributed by atoms with Crippen molar-refractivity contribution in [1.29, 1.82) is 0 Å². The van der Waals surface area contributed by atoms with Gasteiger partial charge in [0.15, 0.2) is 0 Å². The smallest absolute Gasteiger partial charge is 0.227 e. The van der Waals surface area contributed by atoms with E-state index >= 15 is 0 Å². The van der Waals surface area contributed by atoms with Crippen molar-refractivity contribution in [2.24, 2.45) is 5.92 Å². The van der Waals surface area contributed by atoms with Gasteiger partial charge in [-0.2, -0.15) is 0 Å². The molecule has 0 aromatic heterocycles. The summed E-state index contributed by atoms with van der Waals surface area (Å²) in [4.78, 5) is 17.1. The maximum Gasteiger partial charge on any atom is 0.227 e. The molecule has 3 unspecified atom stereocenters. The molecular formula is C14H25N3O2. The molecule has 0 bridgehead atoms. The van der Waals surface area contributed by atoms with Gasteiger partial charge in [0.25, 0.3) is 0 Å². The van der Waals surface area contributed by atoms with E-state index in [1.165, 1.54) is 0 Å². The zero-order valence-electron chi connectivity index (χ0n) is 11.8. The Labute approximate surface area is 115 Å². The van der Waals surface area contributed by atoms with E-state index in [4.69, 9.17) is 4.74 Å². The van der Waals surface area contributed by atoms with E-state index in [2.05, 4.69) is 22.0 Å². The highest BCUT2D eigenvalue weighted by molar-refractivity contribution is 5.80. The van der Waals surface area contributed by atoms with Gasteiger partial charge in [0, 0.05) is 38.3 Å². The molecule has 108 valence electrons. The third kappa shape index (κ3) is 2.78. The molecule has 3 aliphatic heterocycles. The molecular weight excluding hydrogens is 242 g/mol. The molecule has 0 spiro atoms. The van der Waals surface area contributed by atoms with Crippen molar-refractivity contribution in [2.75, 3.05) is 45.9 Å². The van der Waals surface area contributed by atoms with Gasteiger partial charge in [-0.05, 0) is 26.3 Å². The van der Waals surface area contributed by atoms with Crippen LogP contribution in [-0.2, 0) is 9.53 Å². The number of carbonyl (C=O) groups excluding carboxylic acids is 1. The van der Waals surface area contributed by atoms with Gasteiger partial charge in [0.05, 0.1) is 19.1 Å². The third-order valence-electron chi connectivity index (χ3n) is 4.88. The predicted molar refractivity (Wildman–Crippen MR) is 72.9 cm³/mol. The quantitative estimate of drug-likeness (QED) is 0.760. The van der Waals surface area contributed by atoms with Gasteiger partial charge in [-0.1, -0.05) is 0 Å². The fourth-order valence-electron chi connectivity index (χ4n) is 3.61. The minimum atomic E-state index is 0.198. The lowest BCUT2D eigenvalue weighted by molar-refractivity contribution is -0.134. The Morgan fingerprint density at radius 1 is 1.21 bits per heavy atom. The van der Waals surface area contributed by atoms with Crippen molar-refractivity contribution < 1.29 is 9.53 Å². The highest BCUT2D eigenvalue weighted by Gasteiger charge is 2.37. The minimum absolute atomic E-state index is 0.198. The Balaban J connectivity index is 1.54. The van der Waals surface area contributed by atoms with E-state index in [-0.39, 0.29) is 5.92 Å². The fraction of sp³-hybridized carbons (Fsp3) is 0.929. The van der Waals surface area contributed by atoms with Crippen LogP contribution < -0.4 is 5.32 Å². The van der Waals surface area contributed by atoms with E-state index in [1.807, 2.05) is 0 Å². The Morgan fingerprint density at radius 2 is 2.00 bits per heavy atom. The summed E-state index contributed by atoms with van der Waals surface area (Å²) in [5.74, 6) is 0.566. The molecule has 0 aromatic carbocycles. The first-order valence-electron chi connectivity index (χ1n) is 7.59. The monoisotopic (exact) mass is 267 g/mol. The second-order valence-corrected chi connectivity index (χ2v) is 6.01. The van der Waals surface area contributed by atoms with Crippen LogP contribution in [0.4, 0.5) is 0 Å². The van der Waals surface area contributed by atoms with Crippen LogP contribution in [0.2, 0.25) is 0 Å². The Hall–Kier alpha value is -0.650. The molecule has 5 heteroatoms. The average molecular weight is 267 g/mol. The topological polar surface area (TPSA) is 44.8 Å².